The molecule has 0 aliphatic rings. The van der Waals surface area contributed by atoms with E-state index in [9.17, 15) is 9.59 Å². The van der Waals surface area contributed by atoms with E-state index in [1.165, 1.54) is 36.5 Å². The standard InChI is InChI=1S/C28H30Cl2N2O5S/c1-15(26(34)35)10-19-20(29)11-17(12-21(19)30)25(33)32-27-31-22(14-38-27)18-8-7-9-23(24(18)36-6)37-16(2)13-28(3,4)5/h7-12,14,16H,13H2,1-6H3,(H,34,35)(H,31,32,33)/t16-/m0/s1. The lowest BCUT2D eigenvalue weighted by molar-refractivity contribution is -0.132. The van der Waals surface area contributed by atoms with Crippen LogP contribution in [0.4, 0.5) is 5.13 Å². The van der Waals surface area contributed by atoms with E-state index >= 15 is 0 Å². The molecule has 0 saturated heterocycles. The van der Waals surface area contributed by atoms with Gasteiger partial charge in [0.1, 0.15) is 0 Å². The summed E-state index contributed by atoms with van der Waals surface area (Å²) in [5, 5.41) is 14.4. The first-order valence-electron chi connectivity index (χ1n) is 11.8. The number of nitrogens with one attached hydrogen (secondary N) is 1. The van der Waals surface area contributed by atoms with E-state index < -0.39 is 11.9 Å². The van der Waals surface area contributed by atoms with Gasteiger partial charge in [-0.1, -0.05) is 50.0 Å². The number of amides is 1. The highest BCUT2D eigenvalue weighted by molar-refractivity contribution is 7.14. The van der Waals surface area contributed by atoms with Crippen molar-refractivity contribution in [2.45, 2.75) is 47.1 Å². The molecule has 1 atom stereocenters. The first-order chi connectivity index (χ1) is 17.8. The number of hydrogen-bond donors (Lipinski definition) is 2. The van der Waals surface area contributed by atoms with Crippen LogP contribution in [0.1, 0.15) is 57.0 Å². The van der Waals surface area contributed by atoms with E-state index in [1.54, 1.807) is 7.11 Å². The number of halogens is 2. The normalized spacial score (nSPS) is 12.7. The maximum atomic E-state index is 12.9. The number of anilines is 1. The Kier molecular flexibility index (Phi) is 9.46. The van der Waals surface area contributed by atoms with Crippen LogP contribution in [0.25, 0.3) is 17.3 Å². The molecule has 3 aromatic rings. The molecule has 3 rings (SSSR count). The van der Waals surface area contributed by atoms with Crippen LogP contribution in [-0.4, -0.2) is 35.2 Å². The van der Waals surface area contributed by atoms with Gasteiger partial charge < -0.3 is 14.6 Å². The molecule has 1 heterocycles. The Morgan fingerprint density at radius 1 is 1.21 bits per heavy atom. The molecule has 0 aliphatic heterocycles. The first kappa shape index (κ1) is 29.5. The number of carbonyl (C=O) groups excluding carboxylic acids is 1. The van der Waals surface area contributed by atoms with Crippen LogP contribution >= 0.6 is 34.5 Å². The molecule has 10 heteroatoms. The quantitative estimate of drug-likeness (QED) is 0.250. The van der Waals surface area contributed by atoms with Gasteiger partial charge in [0, 0.05) is 27.6 Å². The third kappa shape index (κ3) is 7.49. The minimum absolute atomic E-state index is 0.0157. The maximum Gasteiger partial charge on any atom is 0.331 e. The van der Waals surface area contributed by atoms with Crippen LogP contribution in [0.2, 0.25) is 10.0 Å². The Balaban J connectivity index is 1.82. The summed E-state index contributed by atoms with van der Waals surface area (Å²) in [5.41, 5.74) is 2.08. The zero-order chi connectivity index (χ0) is 28.2. The fourth-order valence-electron chi connectivity index (χ4n) is 3.90. The van der Waals surface area contributed by atoms with Crippen LogP contribution in [0.3, 0.4) is 0 Å². The lowest BCUT2D eigenvalue weighted by Gasteiger charge is -2.25. The van der Waals surface area contributed by atoms with Gasteiger partial charge in [-0.3, -0.25) is 10.1 Å². The highest BCUT2D eigenvalue weighted by atomic mass is 35.5. The van der Waals surface area contributed by atoms with Crippen LogP contribution in [0, 0.1) is 5.41 Å². The molecule has 0 fully saturated rings. The number of carboxylic acids is 1. The zero-order valence-corrected chi connectivity index (χ0v) is 24.3. The third-order valence-electron chi connectivity index (χ3n) is 5.45. The van der Waals surface area contributed by atoms with Crippen molar-refractivity contribution in [3.63, 3.8) is 0 Å². The molecule has 0 aliphatic carbocycles. The molecule has 2 aromatic carbocycles. The Morgan fingerprint density at radius 2 is 1.87 bits per heavy atom. The molecule has 38 heavy (non-hydrogen) atoms. The summed E-state index contributed by atoms with van der Waals surface area (Å²) < 4.78 is 11.9. The number of carboxylic acid groups (broad SMARTS) is 1. The van der Waals surface area contributed by atoms with Crippen molar-refractivity contribution in [2.75, 3.05) is 12.4 Å². The van der Waals surface area contributed by atoms with E-state index in [0.717, 1.165) is 12.0 Å². The molecule has 7 nitrogen and oxygen atoms in total. The minimum Gasteiger partial charge on any atom is -0.492 e. The lowest BCUT2D eigenvalue weighted by atomic mass is 9.90. The van der Waals surface area contributed by atoms with Gasteiger partial charge in [-0.25, -0.2) is 9.78 Å². The molecule has 0 bridgehead atoms. The largest absolute Gasteiger partial charge is 0.492 e. The molecule has 1 amide bonds. The number of carbonyl (C=O) groups is 2. The van der Waals surface area contributed by atoms with Crippen LogP contribution in [-0.2, 0) is 4.79 Å². The summed E-state index contributed by atoms with van der Waals surface area (Å²) in [5.74, 6) is -0.362. The summed E-state index contributed by atoms with van der Waals surface area (Å²) in [6.07, 6.45) is 2.22. The molecule has 0 saturated carbocycles. The number of rotatable bonds is 9. The number of ether oxygens (including phenoxy) is 2. The average molecular weight is 578 g/mol. The van der Waals surface area contributed by atoms with Crippen LogP contribution < -0.4 is 14.8 Å². The van der Waals surface area contributed by atoms with Crippen molar-refractivity contribution < 1.29 is 24.2 Å². The lowest BCUT2D eigenvalue weighted by Crippen LogP contribution is -2.20. The highest BCUT2D eigenvalue weighted by Gasteiger charge is 2.21. The van der Waals surface area contributed by atoms with Gasteiger partial charge in [-0.15, -0.1) is 11.3 Å². The first-order valence-corrected chi connectivity index (χ1v) is 13.4. The van der Waals surface area contributed by atoms with Gasteiger partial charge in [-0.05, 0) is 56.0 Å². The molecule has 202 valence electrons. The third-order valence-corrected chi connectivity index (χ3v) is 6.83. The summed E-state index contributed by atoms with van der Waals surface area (Å²) in [6, 6.07) is 8.48. The number of aromatic nitrogens is 1. The summed E-state index contributed by atoms with van der Waals surface area (Å²) in [4.78, 5) is 28.6. The number of aliphatic carboxylic acids is 1. The van der Waals surface area contributed by atoms with E-state index in [-0.39, 0.29) is 32.7 Å². The predicted molar refractivity (Wildman–Crippen MR) is 154 cm³/mol. The molecular weight excluding hydrogens is 547 g/mol. The average Bonchev–Trinajstić information content (AvgIpc) is 3.27. The van der Waals surface area contributed by atoms with Crippen molar-refractivity contribution in [3.05, 3.63) is 62.5 Å². The van der Waals surface area contributed by atoms with Crippen molar-refractivity contribution in [1.82, 2.24) is 4.98 Å². The molecule has 0 unspecified atom stereocenters. The Morgan fingerprint density at radius 3 is 2.45 bits per heavy atom. The van der Waals surface area contributed by atoms with Crippen LogP contribution in [0.5, 0.6) is 11.5 Å². The van der Waals surface area contributed by atoms with Crippen molar-refractivity contribution in [3.8, 4) is 22.8 Å². The SMILES string of the molecule is COc1c(O[C@@H](C)CC(C)(C)C)cccc1-c1csc(NC(=O)c2cc(Cl)c(C=C(C)C(=O)O)c(Cl)c2)n1. The monoisotopic (exact) mass is 576 g/mol. The molecule has 1 aromatic heterocycles. The Labute approximate surface area is 236 Å². The number of para-hydroxylation sites is 1. The van der Waals surface area contributed by atoms with Gasteiger partial charge in [0.25, 0.3) is 5.91 Å². The van der Waals surface area contributed by atoms with Gasteiger partial charge in [0.05, 0.1) is 29.0 Å². The molecular formula is C28H30Cl2N2O5S. The number of thiazole rings is 1. The number of methoxy groups -OCH3 is 1. The topological polar surface area (TPSA) is 97.8 Å². The second-order valence-electron chi connectivity index (χ2n) is 10.0. The number of benzene rings is 2. The molecule has 2 N–H and O–H groups in total. The van der Waals surface area contributed by atoms with E-state index in [2.05, 4.69) is 31.1 Å². The van der Waals surface area contributed by atoms with E-state index in [0.29, 0.717) is 27.9 Å². The van der Waals surface area contributed by atoms with Gasteiger partial charge in [-0.2, -0.15) is 0 Å². The smallest absolute Gasteiger partial charge is 0.331 e. The fourth-order valence-corrected chi connectivity index (χ4v) is 5.20. The summed E-state index contributed by atoms with van der Waals surface area (Å²) in [6.45, 7) is 9.96. The van der Waals surface area contributed by atoms with Crippen molar-refractivity contribution >= 4 is 57.6 Å². The van der Waals surface area contributed by atoms with Crippen LogP contribution in [0.15, 0.2) is 41.3 Å². The molecule has 0 spiro atoms. The van der Waals surface area contributed by atoms with E-state index in [4.69, 9.17) is 37.8 Å². The Bertz CT molecular complexity index is 1350. The second-order valence-corrected chi connectivity index (χ2v) is 11.7. The van der Waals surface area contributed by atoms with Gasteiger partial charge in [0.15, 0.2) is 16.6 Å². The van der Waals surface area contributed by atoms with Gasteiger partial charge in [0.2, 0.25) is 0 Å². The Hall–Kier alpha value is -3.07. The highest BCUT2D eigenvalue weighted by Crippen LogP contribution is 2.40. The molecule has 0 radical (unpaired) electrons. The van der Waals surface area contributed by atoms with E-state index in [1.807, 2.05) is 30.5 Å². The maximum absolute atomic E-state index is 12.9. The van der Waals surface area contributed by atoms with Crippen molar-refractivity contribution in [1.29, 1.82) is 0 Å². The second kappa shape index (κ2) is 12.2. The predicted octanol–water partition coefficient (Wildman–Crippen LogP) is 8.07. The minimum atomic E-state index is -1.09. The summed E-state index contributed by atoms with van der Waals surface area (Å²) >= 11 is 13.8. The summed E-state index contributed by atoms with van der Waals surface area (Å²) in [7, 11) is 1.58. The zero-order valence-electron chi connectivity index (χ0n) is 22.0. The fraction of sp³-hybridized carbons (Fsp3) is 0.321. The number of nitrogens with zero attached hydrogens (tertiary/aromatic N) is 1. The number of hydrogen-bond acceptors (Lipinski definition) is 6. The van der Waals surface area contributed by atoms with Gasteiger partial charge >= 0.3 is 5.97 Å². The van der Waals surface area contributed by atoms with Crippen molar-refractivity contribution in [2.24, 2.45) is 5.41 Å².